The van der Waals surface area contributed by atoms with Crippen LogP contribution in [-0.2, 0) is 28.5 Å². The molecule has 3 N–H and O–H groups in total. The molecule has 3 aromatic rings. The lowest BCUT2D eigenvalue weighted by Gasteiger charge is -2.36. The van der Waals surface area contributed by atoms with Crippen molar-refractivity contribution >= 4 is 23.6 Å². The number of alkyl halides is 6. The highest BCUT2D eigenvalue weighted by Gasteiger charge is 2.56. The first-order chi connectivity index (χ1) is 23.1. The third kappa shape index (κ3) is 7.76. The van der Waals surface area contributed by atoms with Gasteiger partial charge in [-0.05, 0) is 85.9 Å². The van der Waals surface area contributed by atoms with Crippen molar-refractivity contribution in [2.24, 2.45) is 17.8 Å². The average Bonchev–Trinajstić information content (AvgIpc) is 3.61. The van der Waals surface area contributed by atoms with E-state index in [0.717, 1.165) is 5.57 Å². The van der Waals surface area contributed by atoms with Gasteiger partial charge in [0.15, 0.2) is 0 Å². The number of amides is 2. The number of ether oxygens (including phenoxy) is 1. The molecular formula is C35H33F6NO7. The average molecular weight is 694 g/mol. The van der Waals surface area contributed by atoms with Crippen LogP contribution < -0.4 is 9.64 Å². The van der Waals surface area contributed by atoms with Crippen LogP contribution in [0.4, 0.5) is 32.0 Å². The molecule has 1 aromatic heterocycles. The van der Waals surface area contributed by atoms with Crippen LogP contribution in [0.25, 0.3) is 6.08 Å². The molecule has 2 aliphatic rings. The summed E-state index contributed by atoms with van der Waals surface area (Å²) in [5, 5.41) is 31.4. The Morgan fingerprint density at radius 3 is 2.20 bits per heavy atom. The second kappa shape index (κ2) is 14.2. The van der Waals surface area contributed by atoms with Crippen molar-refractivity contribution in [1.29, 1.82) is 0 Å². The highest BCUT2D eigenvalue weighted by molar-refractivity contribution is 6.22. The van der Waals surface area contributed by atoms with Gasteiger partial charge in [-0.2, -0.15) is 26.3 Å². The van der Waals surface area contributed by atoms with E-state index in [4.69, 9.17) is 9.15 Å². The molecule has 14 heteroatoms. The molecule has 4 atom stereocenters. The summed E-state index contributed by atoms with van der Waals surface area (Å²) in [5.41, 5.74) is -2.91. The Morgan fingerprint density at radius 1 is 0.980 bits per heavy atom. The van der Waals surface area contributed by atoms with Gasteiger partial charge in [0.25, 0.3) is 0 Å². The first-order valence-corrected chi connectivity index (χ1v) is 15.3. The molecule has 1 fully saturated rings. The van der Waals surface area contributed by atoms with E-state index in [1.54, 1.807) is 55.5 Å². The number of fused-ring (bicyclic) bond motifs is 1. The lowest BCUT2D eigenvalue weighted by atomic mass is 9.68. The van der Waals surface area contributed by atoms with Crippen LogP contribution in [0.5, 0.6) is 5.75 Å². The molecule has 0 radical (unpaired) electrons. The smallest absolute Gasteiger partial charge is 0.416 e. The number of benzene rings is 2. The van der Waals surface area contributed by atoms with E-state index < -0.39 is 71.4 Å². The highest BCUT2D eigenvalue weighted by atomic mass is 19.4. The summed E-state index contributed by atoms with van der Waals surface area (Å²) >= 11 is 0. The molecule has 1 aliphatic carbocycles. The Balaban J connectivity index is 1.49. The van der Waals surface area contributed by atoms with Crippen molar-refractivity contribution in [3.63, 3.8) is 0 Å². The summed E-state index contributed by atoms with van der Waals surface area (Å²) < 4.78 is 93.3. The largest absolute Gasteiger partial charge is 0.489 e. The Bertz CT molecular complexity index is 1710. The molecular weight excluding hydrogens is 660 g/mol. The van der Waals surface area contributed by atoms with Gasteiger partial charge in [-0.25, -0.2) is 4.90 Å². The number of furan rings is 1. The molecule has 5 rings (SSSR count). The zero-order chi connectivity index (χ0) is 35.7. The summed E-state index contributed by atoms with van der Waals surface area (Å²) in [6.45, 7) is 0.568. The molecule has 0 spiro atoms. The zero-order valence-electron chi connectivity index (χ0n) is 26.1. The molecule has 1 saturated heterocycles. The summed E-state index contributed by atoms with van der Waals surface area (Å²) in [5.74, 6) is -4.65. The number of allylic oxidation sites excluding steroid dienone is 1. The van der Waals surface area contributed by atoms with Crippen LogP contribution >= 0.6 is 0 Å². The van der Waals surface area contributed by atoms with Gasteiger partial charge in [-0.3, -0.25) is 9.59 Å². The van der Waals surface area contributed by atoms with Gasteiger partial charge in [0, 0.05) is 5.92 Å². The first kappa shape index (κ1) is 35.9. The quantitative estimate of drug-likeness (QED) is 0.118. The van der Waals surface area contributed by atoms with Gasteiger partial charge in [0.05, 0.1) is 41.4 Å². The van der Waals surface area contributed by atoms with Gasteiger partial charge in [-0.15, -0.1) is 0 Å². The summed E-state index contributed by atoms with van der Waals surface area (Å²) in [4.78, 5) is 27.9. The number of aliphatic hydroxyl groups excluding tert-OH is 3. The number of rotatable bonds is 11. The van der Waals surface area contributed by atoms with E-state index in [0.29, 0.717) is 46.3 Å². The number of aliphatic hydroxyl groups is 3. The van der Waals surface area contributed by atoms with Crippen molar-refractivity contribution < 1.29 is 60.4 Å². The predicted octanol–water partition coefficient (Wildman–Crippen LogP) is 6.55. The highest BCUT2D eigenvalue weighted by Crippen LogP contribution is 2.48. The standard InChI is InChI=1S/C35H33F6NO7/c1-19(11-25-8-9-26(16-43)49-25)7-10-29(45)30-20(18-48-24-5-3-2-4-6-24)12-27-31(28(30)17-44)33(47)42(32(27)46)23-14-21(34(36,37)38)13-22(15-23)35(39,40)41/h2-6,8-9,11,13-15,27-29,31,43-45H,7,10,12,16-18H2,1H3/b19-11+/t27-,28+,29-,31-/m1/s1. The molecule has 49 heavy (non-hydrogen) atoms. The third-order valence-corrected chi connectivity index (χ3v) is 8.77. The Kier molecular flexibility index (Phi) is 10.4. The second-order valence-corrected chi connectivity index (χ2v) is 12.1. The van der Waals surface area contributed by atoms with E-state index in [2.05, 4.69) is 0 Å². The third-order valence-electron chi connectivity index (χ3n) is 8.77. The fraction of sp³-hybridized carbons (Fsp3) is 0.371. The Hall–Kier alpha value is -4.40. The topological polar surface area (TPSA) is 120 Å². The first-order valence-electron chi connectivity index (χ1n) is 15.3. The number of para-hydroxylation sites is 1. The molecule has 1 aliphatic heterocycles. The van der Waals surface area contributed by atoms with E-state index in [9.17, 15) is 51.3 Å². The fourth-order valence-electron chi connectivity index (χ4n) is 6.49. The molecule has 8 nitrogen and oxygen atoms in total. The number of halogens is 6. The normalized spacial score (nSPS) is 21.0. The molecule has 0 saturated carbocycles. The minimum Gasteiger partial charge on any atom is -0.489 e. The molecule has 0 unspecified atom stereocenters. The van der Waals surface area contributed by atoms with Crippen LogP contribution in [0.15, 0.2) is 81.8 Å². The molecule has 2 amide bonds. The number of hydrogen-bond acceptors (Lipinski definition) is 7. The minimum absolute atomic E-state index is 0.0857. The summed E-state index contributed by atoms with van der Waals surface area (Å²) in [6, 6.07) is 12.3. The van der Waals surface area contributed by atoms with Gasteiger partial charge < -0.3 is 24.5 Å². The van der Waals surface area contributed by atoms with Crippen LogP contribution in [-0.4, -0.2) is 46.5 Å². The minimum atomic E-state index is -5.21. The zero-order valence-corrected chi connectivity index (χ0v) is 26.1. The van der Waals surface area contributed by atoms with Gasteiger partial charge in [-0.1, -0.05) is 23.8 Å². The van der Waals surface area contributed by atoms with Crippen molar-refractivity contribution in [2.75, 3.05) is 18.1 Å². The maximum absolute atomic E-state index is 13.9. The van der Waals surface area contributed by atoms with Gasteiger partial charge in [0.1, 0.15) is 30.5 Å². The van der Waals surface area contributed by atoms with Crippen LogP contribution in [0.1, 0.15) is 48.8 Å². The van der Waals surface area contributed by atoms with Gasteiger partial charge in [0.2, 0.25) is 11.8 Å². The number of anilines is 1. The number of carbonyl (C=O) groups excluding carboxylic acids is 2. The van der Waals surface area contributed by atoms with E-state index >= 15 is 0 Å². The Labute approximate surface area is 276 Å². The maximum Gasteiger partial charge on any atom is 0.416 e. The monoisotopic (exact) mass is 693 g/mol. The van der Waals surface area contributed by atoms with Crippen molar-refractivity contribution in [2.45, 2.75) is 51.2 Å². The lowest BCUT2D eigenvalue weighted by Crippen LogP contribution is -2.40. The maximum atomic E-state index is 13.9. The number of carbonyl (C=O) groups is 2. The van der Waals surface area contributed by atoms with Crippen molar-refractivity contribution in [3.8, 4) is 5.75 Å². The molecule has 2 heterocycles. The van der Waals surface area contributed by atoms with Crippen LogP contribution in [0.3, 0.4) is 0 Å². The fourth-order valence-corrected chi connectivity index (χ4v) is 6.49. The number of hydrogen-bond donors (Lipinski definition) is 3. The van der Waals surface area contributed by atoms with Gasteiger partial charge >= 0.3 is 12.4 Å². The summed E-state index contributed by atoms with van der Waals surface area (Å²) in [7, 11) is 0. The summed E-state index contributed by atoms with van der Waals surface area (Å²) in [6.07, 6.45) is -9.80. The van der Waals surface area contributed by atoms with E-state index in [1.807, 2.05) is 0 Å². The SMILES string of the molecule is C/C(=C\c1ccc(CO)o1)CC[C@@H](O)C1=C(COc2ccccc2)C[C@H]2C(=O)N(c3cc(C(F)(F)F)cc(C(F)(F)F)c3)C(=O)[C@H]2[C@H]1CO. The Morgan fingerprint density at radius 2 is 1.63 bits per heavy atom. The lowest BCUT2D eigenvalue weighted by molar-refractivity contribution is -0.143. The second-order valence-electron chi connectivity index (χ2n) is 12.1. The van der Waals surface area contributed by atoms with Crippen LogP contribution in [0, 0.1) is 17.8 Å². The van der Waals surface area contributed by atoms with Crippen molar-refractivity contribution in [3.05, 3.63) is 100 Å². The number of nitrogens with zero attached hydrogens (tertiary/aromatic N) is 1. The van der Waals surface area contributed by atoms with E-state index in [1.165, 1.54) is 0 Å². The van der Waals surface area contributed by atoms with Crippen molar-refractivity contribution in [1.82, 2.24) is 0 Å². The molecule has 2 aromatic carbocycles. The molecule has 262 valence electrons. The molecule has 0 bridgehead atoms. The van der Waals surface area contributed by atoms with Crippen LogP contribution in [0.2, 0.25) is 0 Å². The van der Waals surface area contributed by atoms with E-state index in [-0.39, 0.29) is 37.7 Å². The number of imide groups is 1. The predicted molar refractivity (Wildman–Crippen MR) is 164 cm³/mol.